The lowest BCUT2D eigenvalue weighted by Crippen LogP contribution is -2.44. The molecular formula is C22H28N4O3. The molecular weight excluding hydrogens is 368 g/mol. The van der Waals surface area contributed by atoms with Gasteiger partial charge in [-0.15, -0.1) is 0 Å². The van der Waals surface area contributed by atoms with Crippen molar-refractivity contribution in [3.8, 4) is 0 Å². The largest absolute Gasteiger partial charge is 0.341 e. The SMILES string of the molecule is CNC(=O)Nc1cccc(NC(=O)C(CC(C)C)NC(=O)c2ccccc2C)c1. The lowest BCUT2D eigenvalue weighted by molar-refractivity contribution is -0.118. The van der Waals surface area contributed by atoms with E-state index >= 15 is 0 Å². The highest BCUT2D eigenvalue weighted by Crippen LogP contribution is 2.17. The fraction of sp³-hybridized carbons (Fsp3) is 0.318. The van der Waals surface area contributed by atoms with E-state index in [4.69, 9.17) is 0 Å². The van der Waals surface area contributed by atoms with Gasteiger partial charge in [-0.3, -0.25) is 9.59 Å². The second-order valence-electron chi connectivity index (χ2n) is 7.24. The highest BCUT2D eigenvalue weighted by Gasteiger charge is 2.23. The number of rotatable bonds is 7. The quantitative estimate of drug-likeness (QED) is 0.576. The highest BCUT2D eigenvalue weighted by atomic mass is 16.2. The monoisotopic (exact) mass is 396 g/mol. The van der Waals surface area contributed by atoms with Crippen LogP contribution in [0.5, 0.6) is 0 Å². The Morgan fingerprint density at radius 2 is 1.59 bits per heavy atom. The van der Waals surface area contributed by atoms with Crippen LogP contribution in [0.15, 0.2) is 48.5 Å². The lowest BCUT2D eigenvalue weighted by Gasteiger charge is -2.21. The molecule has 1 atom stereocenters. The Bertz CT molecular complexity index is 880. The van der Waals surface area contributed by atoms with Gasteiger partial charge in [0.1, 0.15) is 6.04 Å². The average molecular weight is 396 g/mol. The number of aryl methyl sites for hydroxylation is 1. The van der Waals surface area contributed by atoms with E-state index < -0.39 is 6.04 Å². The highest BCUT2D eigenvalue weighted by molar-refractivity contribution is 6.02. The maximum absolute atomic E-state index is 12.9. The van der Waals surface area contributed by atoms with Gasteiger partial charge in [-0.05, 0) is 49.1 Å². The van der Waals surface area contributed by atoms with Crippen molar-refractivity contribution < 1.29 is 14.4 Å². The van der Waals surface area contributed by atoms with Gasteiger partial charge in [0.25, 0.3) is 5.91 Å². The number of carbonyl (C=O) groups excluding carboxylic acids is 3. The standard InChI is InChI=1S/C22H28N4O3/c1-14(2)12-19(26-20(27)18-11-6-5-8-15(18)3)21(28)24-16-9-7-10-17(13-16)25-22(29)23-4/h5-11,13-14,19H,12H2,1-4H3,(H,24,28)(H,26,27)(H2,23,25,29). The van der Waals surface area contributed by atoms with Crippen LogP contribution in [0.2, 0.25) is 0 Å². The molecule has 1 unspecified atom stereocenters. The van der Waals surface area contributed by atoms with Gasteiger partial charge in [-0.1, -0.05) is 38.1 Å². The van der Waals surface area contributed by atoms with Crippen molar-refractivity contribution in [1.82, 2.24) is 10.6 Å². The van der Waals surface area contributed by atoms with E-state index in [0.717, 1.165) is 5.56 Å². The Balaban J connectivity index is 2.13. The second-order valence-corrected chi connectivity index (χ2v) is 7.24. The minimum atomic E-state index is -0.683. The molecule has 2 aromatic carbocycles. The van der Waals surface area contributed by atoms with Gasteiger partial charge in [0.15, 0.2) is 0 Å². The summed E-state index contributed by atoms with van der Waals surface area (Å²) in [5.41, 5.74) is 2.47. The summed E-state index contributed by atoms with van der Waals surface area (Å²) in [6.45, 7) is 5.85. The molecule has 2 aromatic rings. The minimum Gasteiger partial charge on any atom is -0.341 e. The van der Waals surface area contributed by atoms with Gasteiger partial charge in [0.05, 0.1) is 0 Å². The first kappa shape index (κ1) is 21.9. The van der Waals surface area contributed by atoms with Crippen LogP contribution in [-0.4, -0.2) is 30.9 Å². The summed E-state index contributed by atoms with van der Waals surface area (Å²) < 4.78 is 0. The number of benzene rings is 2. The minimum absolute atomic E-state index is 0.212. The normalized spacial score (nSPS) is 11.5. The van der Waals surface area contributed by atoms with Crippen molar-refractivity contribution in [1.29, 1.82) is 0 Å². The lowest BCUT2D eigenvalue weighted by atomic mass is 10.0. The summed E-state index contributed by atoms with van der Waals surface area (Å²) in [7, 11) is 1.52. The van der Waals surface area contributed by atoms with Gasteiger partial charge in [0, 0.05) is 24.0 Å². The van der Waals surface area contributed by atoms with Crippen LogP contribution in [0, 0.1) is 12.8 Å². The van der Waals surface area contributed by atoms with Crippen molar-refractivity contribution >= 4 is 29.2 Å². The van der Waals surface area contributed by atoms with Crippen molar-refractivity contribution in [2.75, 3.05) is 17.7 Å². The summed E-state index contributed by atoms with van der Waals surface area (Å²) in [5.74, 6) is -0.374. The molecule has 0 saturated heterocycles. The molecule has 0 spiro atoms. The van der Waals surface area contributed by atoms with E-state index in [1.54, 1.807) is 36.4 Å². The van der Waals surface area contributed by atoms with E-state index in [9.17, 15) is 14.4 Å². The van der Waals surface area contributed by atoms with Gasteiger partial charge < -0.3 is 21.3 Å². The van der Waals surface area contributed by atoms with Crippen LogP contribution >= 0.6 is 0 Å². The average Bonchev–Trinajstić information content (AvgIpc) is 2.67. The van der Waals surface area contributed by atoms with E-state index in [0.29, 0.717) is 23.4 Å². The molecule has 0 aliphatic carbocycles. The van der Waals surface area contributed by atoms with Crippen molar-refractivity contribution in [3.63, 3.8) is 0 Å². The Morgan fingerprint density at radius 3 is 2.21 bits per heavy atom. The molecule has 7 nitrogen and oxygen atoms in total. The Kier molecular flexibility index (Phi) is 7.77. The van der Waals surface area contributed by atoms with Crippen LogP contribution in [0.25, 0.3) is 0 Å². The number of hydrogen-bond donors (Lipinski definition) is 4. The molecule has 4 amide bonds. The zero-order valence-corrected chi connectivity index (χ0v) is 17.2. The van der Waals surface area contributed by atoms with Gasteiger partial charge in [-0.2, -0.15) is 0 Å². The van der Waals surface area contributed by atoms with Gasteiger partial charge in [-0.25, -0.2) is 4.79 Å². The van der Waals surface area contributed by atoms with Crippen molar-refractivity contribution in [2.24, 2.45) is 5.92 Å². The molecule has 0 fully saturated rings. The first-order valence-electron chi connectivity index (χ1n) is 9.56. The summed E-state index contributed by atoms with van der Waals surface area (Å²) in [6.07, 6.45) is 0.500. The molecule has 4 N–H and O–H groups in total. The molecule has 29 heavy (non-hydrogen) atoms. The number of nitrogens with one attached hydrogen (secondary N) is 4. The molecule has 154 valence electrons. The maximum atomic E-state index is 12.9. The summed E-state index contributed by atoms with van der Waals surface area (Å²) in [5, 5.41) is 10.8. The zero-order valence-electron chi connectivity index (χ0n) is 17.2. The van der Waals surface area contributed by atoms with Crippen molar-refractivity contribution in [3.05, 3.63) is 59.7 Å². The van der Waals surface area contributed by atoms with Crippen LogP contribution in [0.4, 0.5) is 16.2 Å². The molecule has 0 bridgehead atoms. The first-order chi connectivity index (χ1) is 13.8. The Morgan fingerprint density at radius 1 is 0.931 bits per heavy atom. The fourth-order valence-corrected chi connectivity index (χ4v) is 2.86. The van der Waals surface area contributed by atoms with Crippen LogP contribution < -0.4 is 21.3 Å². The van der Waals surface area contributed by atoms with Gasteiger partial charge in [0.2, 0.25) is 5.91 Å². The van der Waals surface area contributed by atoms with E-state index in [2.05, 4.69) is 21.3 Å². The predicted molar refractivity (Wildman–Crippen MR) is 115 cm³/mol. The Labute approximate surface area is 171 Å². The van der Waals surface area contributed by atoms with E-state index in [-0.39, 0.29) is 23.8 Å². The van der Waals surface area contributed by atoms with E-state index in [1.165, 1.54) is 7.05 Å². The number of carbonyl (C=O) groups is 3. The first-order valence-corrected chi connectivity index (χ1v) is 9.56. The third-order valence-electron chi connectivity index (χ3n) is 4.33. The molecule has 0 aliphatic rings. The smallest absolute Gasteiger partial charge is 0.318 e. The van der Waals surface area contributed by atoms with E-state index in [1.807, 2.05) is 32.9 Å². The molecule has 0 radical (unpaired) electrons. The predicted octanol–water partition coefficient (Wildman–Crippen LogP) is 3.53. The summed E-state index contributed by atoms with van der Waals surface area (Å²) in [6, 6.07) is 13.1. The topological polar surface area (TPSA) is 99.3 Å². The third-order valence-corrected chi connectivity index (χ3v) is 4.33. The Hall–Kier alpha value is -3.35. The number of amides is 4. The second kappa shape index (κ2) is 10.3. The zero-order chi connectivity index (χ0) is 21.4. The summed E-state index contributed by atoms with van der Waals surface area (Å²) >= 11 is 0. The number of urea groups is 1. The molecule has 7 heteroatoms. The van der Waals surface area contributed by atoms with Crippen LogP contribution in [0.1, 0.15) is 36.2 Å². The fourth-order valence-electron chi connectivity index (χ4n) is 2.86. The molecule has 0 aliphatic heterocycles. The molecule has 0 heterocycles. The number of anilines is 2. The summed E-state index contributed by atoms with van der Waals surface area (Å²) in [4.78, 5) is 37.0. The maximum Gasteiger partial charge on any atom is 0.318 e. The van der Waals surface area contributed by atoms with Crippen molar-refractivity contribution in [2.45, 2.75) is 33.2 Å². The third kappa shape index (κ3) is 6.64. The van der Waals surface area contributed by atoms with Gasteiger partial charge >= 0.3 is 6.03 Å². The van der Waals surface area contributed by atoms with Crippen LogP contribution in [0.3, 0.4) is 0 Å². The molecule has 2 rings (SSSR count). The molecule has 0 saturated carbocycles. The number of hydrogen-bond acceptors (Lipinski definition) is 3. The van der Waals surface area contributed by atoms with Crippen LogP contribution in [-0.2, 0) is 4.79 Å². The molecule has 0 aromatic heterocycles.